The van der Waals surface area contributed by atoms with E-state index in [4.69, 9.17) is 4.74 Å². The average Bonchev–Trinajstić information content (AvgIpc) is 2.69. The number of carbonyl (C=O) groups excluding carboxylic acids is 2. The summed E-state index contributed by atoms with van der Waals surface area (Å²) in [5.74, 6) is -5.90. The number of nitrogens with zero attached hydrogens (tertiary/aromatic N) is 2. The van der Waals surface area contributed by atoms with Crippen molar-refractivity contribution in [2.45, 2.75) is 12.8 Å². The van der Waals surface area contributed by atoms with Gasteiger partial charge in [0.05, 0.1) is 32.3 Å². The van der Waals surface area contributed by atoms with Crippen molar-refractivity contribution >= 4 is 11.9 Å². The molecule has 9 heteroatoms. The second-order valence-corrected chi connectivity index (χ2v) is 6.15. The quantitative estimate of drug-likeness (QED) is 0.502. The van der Waals surface area contributed by atoms with Crippen LogP contribution in [0.25, 0.3) is 0 Å². The van der Waals surface area contributed by atoms with Crippen molar-refractivity contribution in [3.8, 4) is 0 Å². The number of hydrogen-bond acceptors (Lipinski definition) is 5. The van der Waals surface area contributed by atoms with Crippen LogP contribution in [0.1, 0.15) is 23.2 Å². The van der Waals surface area contributed by atoms with Crippen LogP contribution in [0.5, 0.6) is 0 Å². The molecule has 6 nitrogen and oxygen atoms in total. The number of halogens is 3. The van der Waals surface area contributed by atoms with Crippen LogP contribution in [0.4, 0.5) is 13.2 Å². The lowest BCUT2D eigenvalue weighted by molar-refractivity contribution is -0.140. The van der Waals surface area contributed by atoms with Gasteiger partial charge in [-0.15, -0.1) is 0 Å². The summed E-state index contributed by atoms with van der Waals surface area (Å²) in [5.41, 5.74) is -0.565. The number of benzene rings is 1. The fourth-order valence-corrected chi connectivity index (χ4v) is 2.81. The molecule has 1 heterocycles. The number of hydrogen-bond donors (Lipinski definition) is 0. The summed E-state index contributed by atoms with van der Waals surface area (Å²) in [6, 6.07) is 1.61. The number of methoxy groups -OCH3 is 1. The van der Waals surface area contributed by atoms with E-state index >= 15 is 0 Å². The van der Waals surface area contributed by atoms with E-state index in [1.54, 1.807) is 0 Å². The van der Waals surface area contributed by atoms with Gasteiger partial charge in [0.1, 0.15) is 0 Å². The SMILES string of the molecule is COC(=O)CCN(CCCN1CCOCC1)C(=O)c1ccc(F)c(F)c1F. The predicted octanol–water partition coefficient (Wildman–Crippen LogP) is 1.83. The molecule has 1 saturated heterocycles. The lowest BCUT2D eigenvalue weighted by Crippen LogP contribution is -2.40. The van der Waals surface area contributed by atoms with Crippen molar-refractivity contribution in [2.24, 2.45) is 0 Å². The molecule has 2 rings (SSSR count). The Labute approximate surface area is 155 Å². The molecule has 0 N–H and O–H groups in total. The van der Waals surface area contributed by atoms with Gasteiger partial charge in [-0.25, -0.2) is 13.2 Å². The van der Waals surface area contributed by atoms with E-state index < -0.39 is 34.9 Å². The molecule has 1 aliphatic heterocycles. The second kappa shape index (κ2) is 10.3. The third kappa shape index (κ3) is 5.93. The smallest absolute Gasteiger partial charge is 0.307 e. The van der Waals surface area contributed by atoms with Crippen LogP contribution in [-0.2, 0) is 14.3 Å². The molecule has 0 saturated carbocycles. The Balaban J connectivity index is 2.04. The maximum atomic E-state index is 14.0. The topological polar surface area (TPSA) is 59.1 Å². The molecular weight excluding hydrogens is 365 g/mol. The zero-order chi connectivity index (χ0) is 19.8. The van der Waals surface area contributed by atoms with Crippen LogP contribution in [0.15, 0.2) is 12.1 Å². The lowest BCUT2D eigenvalue weighted by Gasteiger charge is -2.28. The van der Waals surface area contributed by atoms with E-state index in [9.17, 15) is 22.8 Å². The summed E-state index contributed by atoms with van der Waals surface area (Å²) in [6.07, 6.45) is 0.503. The van der Waals surface area contributed by atoms with E-state index in [1.165, 1.54) is 12.0 Å². The Morgan fingerprint density at radius 2 is 1.85 bits per heavy atom. The van der Waals surface area contributed by atoms with E-state index in [0.29, 0.717) is 32.2 Å². The molecule has 150 valence electrons. The predicted molar refractivity (Wildman–Crippen MR) is 90.7 cm³/mol. The van der Waals surface area contributed by atoms with Crippen molar-refractivity contribution in [3.63, 3.8) is 0 Å². The first-order valence-electron chi connectivity index (χ1n) is 8.73. The zero-order valence-corrected chi connectivity index (χ0v) is 15.2. The molecule has 27 heavy (non-hydrogen) atoms. The van der Waals surface area contributed by atoms with Crippen LogP contribution in [-0.4, -0.2) is 74.7 Å². The Bertz CT molecular complexity index is 666. The Kier molecular flexibility index (Phi) is 8.05. The van der Waals surface area contributed by atoms with Crippen LogP contribution < -0.4 is 0 Å². The minimum atomic E-state index is -1.69. The van der Waals surface area contributed by atoms with Gasteiger partial charge in [0.15, 0.2) is 17.5 Å². The minimum Gasteiger partial charge on any atom is -0.469 e. The van der Waals surface area contributed by atoms with Crippen LogP contribution in [0, 0.1) is 17.5 Å². The normalized spacial score (nSPS) is 14.8. The van der Waals surface area contributed by atoms with Crippen molar-refractivity contribution in [2.75, 3.05) is 53.0 Å². The number of ether oxygens (including phenoxy) is 2. The van der Waals surface area contributed by atoms with Gasteiger partial charge in [-0.3, -0.25) is 14.5 Å². The summed E-state index contributed by atoms with van der Waals surface area (Å²) < 4.78 is 50.4. The first-order chi connectivity index (χ1) is 12.9. The lowest BCUT2D eigenvalue weighted by atomic mass is 10.1. The first-order valence-corrected chi connectivity index (χ1v) is 8.73. The number of amides is 1. The van der Waals surface area contributed by atoms with Gasteiger partial charge in [-0.2, -0.15) is 0 Å². The molecule has 0 aliphatic carbocycles. The molecule has 1 aliphatic rings. The van der Waals surface area contributed by atoms with Crippen LogP contribution in [0.2, 0.25) is 0 Å². The van der Waals surface area contributed by atoms with Gasteiger partial charge in [-0.1, -0.05) is 0 Å². The number of carbonyl (C=O) groups is 2. The number of rotatable bonds is 8. The summed E-state index contributed by atoms with van der Waals surface area (Å²) in [6.45, 7) is 3.79. The van der Waals surface area contributed by atoms with Gasteiger partial charge in [0.2, 0.25) is 0 Å². The van der Waals surface area contributed by atoms with Gasteiger partial charge < -0.3 is 14.4 Å². The Morgan fingerprint density at radius 3 is 2.52 bits per heavy atom. The highest BCUT2D eigenvalue weighted by atomic mass is 19.2. The Morgan fingerprint density at radius 1 is 1.15 bits per heavy atom. The van der Waals surface area contributed by atoms with Crippen molar-refractivity contribution in [3.05, 3.63) is 35.1 Å². The van der Waals surface area contributed by atoms with Gasteiger partial charge in [-0.05, 0) is 18.6 Å². The molecular formula is C18H23F3N2O4. The molecule has 0 atom stereocenters. The van der Waals surface area contributed by atoms with E-state index in [-0.39, 0.29) is 19.5 Å². The highest BCUT2D eigenvalue weighted by molar-refractivity contribution is 5.94. The number of morpholine rings is 1. The van der Waals surface area contributed by atoms with E-state index in [0.717, 1.165) is 19.2 Å². The molecule has 0 spiro atoms. The Hall–Kier alpha value is -2.13. The fraction of sp³-hybridized carbons (Fsp3) is 0.556. The monoisotopic (exact) mass is 388 g/mol. The summed E-state index contributed by atoms with van der Waals surface area (Å²) in [4.78, 5) is 27.4. The minimum absolute atomic E-state index is 0.00689. The molecule has 1 aromatic rings. The maximum absolute atomic E-state index is 14.0. The number of esters is 1. The molecule has 1 fully saturated rings. The van der Waals surface area contributed by atoms with Crippen LogP contribution in [0.3, 0.4) is 0 Å². The molecule has 1 aromatic carbocycles. The summed E-state index contributed by atoms with van der Waals surface area (Å²) >= 11 is 0. The van der Waals surface area contributed by atoms with Gasteiger partial charge in [0.25, 0.3) is 5.91 Å². The summed E-state index contributed by atoms with van der Waals surface area (Å²) in [7, 11) is 1.22. The van der Waals surface area contributed by atoms with E-state index in [1.807, 2.05) is 0 Å². The fourth-order valence-electron chi connectivity index (χ4n) is 2.81. The van der Waals surface area contributed by atoms with Crippen molar-refractivity contribution < 1.29 is 32.2 Å². The summed E-state index contributed by atoms with van der Waals surface area (Å²) in [5, 5.41) is 0. The largest absolute Gasteiger partial charge is 0.469 e. The molecule has 1 amide bonds. The molecule has 0 unspecified atom stereocenters. The second-order valence-electron chi connectivity index (χ2n) is 6.15. The third-order valence-corrected chi connectivity index (χ3v) is 4.37. The van der Waals surface area contributed by atoms with Crippen molar-refractivity contribution in [1.82, 2.24) is 9.80 Å². The van der Waals surface area contributed by atoms with Crippen molar-refractivity contribution in [1.29, 1.82) is 0 Å². The van der Waals surface area contributed by atoms with Crippen LogP contribution >= 0.6 is 0 Å². The highest BCUT2D eigenvalue weighted by Gasteiger charge is 2.24. The van der Waals surface area contributed by atoms with Gasteiger partial charge >= 0.3 is 5.97 Å². The maximum Gasteiger partial charge on any atom is 0.307 e. The van der Waals surface area contributed by atoms with Gasteiger partial charge in [0, 0.05) is 32.7 Å². The highest BCUT2D eigenvalue weighted by Crippen LogP contribution is 2.17. The standard InChI is InChI=1S/C18H23F3N2O4/c1-26-15(24)5-8-23(7-2-6-22-9-11-27-12-10-22)18(25)13-3-4-14(19)17(21)16(13)20/h3-4H,2,5-12H2,1H3. The third-order valence-electron chi connectivity index (χ3n) is 4.37. The van der Waals surface area contributed by atoms with E-state index in [2.05, 4.69) is 9.64 Å². The molecule has 0 aromatic heterocycles. The average molecular weight is 388 g/mol. The zero-order valence-electron chi connectivity index (χ0n) is 15.2. The first kappa shape index (κ1) is 21.2. The molecule has 0 bridgehead atoms. The molecule has 0 radical (unpaired) electrons.